The van der Waals surface area contributed by atoms with Gasteiger partial charge in [0.05, 0.1) is 17.9 Å². The van der Waals surface area contributed by atoms with Crippen LogP contribution in [0.25, 0.3) is 0 Å². The van der Waals surface area contributed by atoms with E-state index in [9.17, 15) is 20.0 Å². The number of anilines is 2. The van der Waals surface area contributed by atoms with Gasteiger partial charge in [0.25, 0.3) is 5.91 Å². The topological polar surface area (TPSA) is 111 Å². The minimum atomic E-state index is -0.668. The maximum Gasteiger partial charge on any atom is 0.340 e. The van der Waals surface area contributed by atoms with E-state index in [0.29, 0.717) is 5.69 Å². The van der Waals surface area contributed by atoms with Crippen LogP contribution in [-0.4, -0.2) is 23.6 Å². The van der Waals surface area contributed by atoms with E-state index in [2.05, 4.69) is 10.6 Å². The predicted molar refractivity (Wildman–Crippen MR) is 101 cm³/mol. The molecule has 0 atom stereocenters. The molecule has 27 heavy (non-hydrogen) atoms. The number of benzene rings is 2. The normalized spacial score (nSPS) is 10.6. The highest BCUT2D eigenvalue weighted by Gasteiger charge is 2.16. The number of carbonyl (C=O) groups is 2. The van der Waals surface area contributed by atoms with E-state index in [-0.39, 0.29) is 29.2 Å². The van der Waals surface area contributed by atoms with Crippen molar-refractivity contribution >= 4 is 23.3 Å². The molecule has 0 bridgehead atoms. The van der Waals surface area contributed by atoms with Gasteiger partial charge in [-0.05, 0) is 49.7 Å². The number of aromatic hydroxyl groups is 1. The number of nitrogens with zero attached hydrogens (tertiary/aromatic N) is 1. The van der Waals surface area contributed by atoms with E-state index in [1.807, 2.05) is 6.07 Å². The van der Waals surface area contributed by atoms with Crippen molar-refractivity contribution in [3.8, 4) is 11.8 Å². The van der Waals surface area contributed by atoms with Gasteiger partial charge in [0.2, 0.25) is 0 Å². The van der Waals surface area contributed by atoms with Crippen LogP contribution in [0.1, 0.15) is 22.8 Å². The summed E-state index contributed by atoms with van der Waals surface area (Å²) in [4.78, 5) is 24.4. The molecule has 2 rings (SSSR count). The molecular weight excluding hydrogens is 346 g/mol. The maximum atomic E-state index is 12.4. The van der Waals surface area contributed by atoms with Crippen molar-refractivity contribution in [2.45, 2.75) is 13.8 Å². The number of aryl methyl sites for hydroxylation is 1. The van der Waals surface area contributed by atoms with Gasteiger partial charge in [0.15, 0.2) is 0 Å². The lowest BCUT2D eigenvalue weighted by atomic mass is 10.1. The number of amides is 1. The van der Waals surface area contributed by atoms with Crippen molar-refractivity contribution in [1.29, 1.82) is 5.26 Å². The maximum absolute atomic E-state index is 12.4. The first kappa shape index (κ1) is 19.5. The first-order chi connectivity index (χ1) is 13.0. The summed E-state index contributed by atoms with van der Waals surface area (Å²) in [6.07, 6.45) is 1.27. The molecule has 1 amide bonds. The van der Waals surface area contributed by atoms with E-state index >= 15 is 0 Å². The fourth-order valence-corrected chi connectivity index (χ4v) is 2.28. The number of hydrogen-bond acceptors (Lipinski definition) is 6. The van der Waals surface area contributed by atoms with Crippen LogP contribution in [0, 0.1) is 18.3 Å². The van der Waals surface area contributed by atoms with Crippen LogP contribution in [-0.2, 0) is 9.53 Å². The molecule has 0 aromatic heterocycles. The third kappa shape index (κ3) is 5.09. The molecule has 7 heteroatoms. The number of carbonyl (C=O) groups excluding carboxylic acids is 2. The van der Waals surface area contributed by atoms with Gasteiger partial charge in [-0.25, -0.2) is 4.79 Å². The average molecular weight is 365 g/mol. The summed E-state index contributed by atoms with van der Waals surface area (Å²) in [5, 5.41) is 24.1. The number of hydrogen-bond donors (Lipinski definition) is 3. The van der Waals surface area contributed by atoms with Crippen molar-refractivity contribution in [1.82, 2.24) is 0 Å². The molecule has 138 valence electrons. The van der Waals surface area contributed by atoms with Gasteiger partial charge in [0, 0.05) is 11.9 Å². The highest BCUT2D eigenvalue weighted by Crippen LogP contribution is 2.21. The summed E-state index contributed by atoms with van der Waals surface area (Å²) in [6, 6.07) is 12.9. The van der Waals surface area contributed by atoms with Crippen molar-refractivity contribution in [3.63, 3.8) is 0 Å². The number of esters is 1. The zero-order valence-electron chi connectivity index (χ0n) is 14.9. The van der Waals surface area contributed by atoms with E-state index in [1.54, 1.807) is 44.2 Å². The fraction of sp³-hybridized carbons (Fsp3) is 0.150. The second kappa shape index (κ2) is 9.06. The highest BCUT2D eigenvalue weighted by molar-refractivity contribution is 6.09. The third-order valence-electron chi connectivity index (χ3n) is 3.62. The fourth-order valence-electron chi connectivity index (χ4n) is 2.28. The Balaban J connectivity index is 2.18. The molecule has 0 spiro atoms. The van der Waals surface area contributed by atoms with Gasteiger partial charge < -0.3 is 20.5 Å². The molecule has 0 saturated heterocycles. The quantitative estimate of drug-likeness (QED) is 0.313. The van der Waals surface area contributed by atoms with Gasteiger partial charge in [-0.3, -0.25) is 4.79 Å². The Morgan fingerprint density at radius 2 is 1.96 bits per heavy atom. The number of ether oxygens (including phenoxy) is 1. The Morgan fingerprint density at radius 1 is 1.22 bits per heavy atom. The van der Waals surface area contributed by atoms with Crippen molar-refractivity contribution in [3.05, 3.63) is 65.4 Å². The Hall–Kier alpha value is -3.79. The van der Waals surface area contributed by atoms with Crippen molar-refractivity contribution in [2.75, 3.05) is 17.2 Å². The molecule has 0 unspecified atom stereocenters. The third-order valence-corrected chi connectivity index (χ3v) is 3.62. The lowest BCUT2D eigenvalue weighted by Crippen LogP contribution is -2.17. The largest absolute Gasteiger partial charge is 0.508 e. The standard InChI is InChI=1S/C20H19N3O4/c1-3-27-20(26)16-6-4-5-7-18(16)23-19(25)14(11-21)12-22-17-9-8-15(24)10-13(17)2/h4-10,12,22,24H,3H2,1-2H3,(H,23,25)/b14-12-. The minimum Gasteiger partial charge on any atom is -0.508 e. The van der Waals surface area contributed by atoms with E-state index in [1.165, 1.54) is 18.3 Å². The molecule has 0 aliphatic rings. The lowest BCUT2D eigenvalue weighted by molar-refractivity contribution is -0.112. The SMILES string of the molecule is CCOC(=O)c1ccccc1NC(=O)/C(C#N)=C\Nc1ccc(O)cc1C. The molecule has 2 aromatic rings. The molecule has 2 aromatic carbocycles. The van der Waals surface area contributed by atoms with E-state index in [4.69, 9.17) is 4.74 Å². The number of nitrogens with one attached hydrogen (secondary N) is 2. The summed E-state index contributed by atoms with van der Waals surface area (Å²) in [5.41, 5.74) is 1.66. The Labute approximate surface area is 156 Å². The zero-order valence-corrected chi connectivity index (χ0v) is 14.9. The number of nitriles is 1. The summed E-state index contributed by atoms with van der Waals surface area (Å²) in [7, 11) is 0. The summed E-state index contributed by atoms with van der Waals surface area (Å²) in [5.74, 6) is -1.11. The Bertz CT molecular complexity index is 929. The van der Waals surface area contributed by atoms with Crippen molar-refractivity contribution in [2.24, 2.45) is 0 Å². The summed E-state index contributed by atoms with van der Waals surface area (Å²) >= 11 is 0. The van der Waals surface area contributed by atoms with Crippen LogP contribution in [0.3, 0.4) is 0 Å². The van der Waals surface area contributed by atoms with Crippen LogP contribution in [0.15, 0.2) is 54.2 Å². The van der Waals surface area contributed by atoms with Crippen LogP contribution >= 0.6 is 0 Å². The monoisotopic (exact) mass is 365 g/mol. The van der Waals surface area contributed by atoms with Gasteiger partial charge in [-0.1, -0.05) is 12.1 Å². The number of phenols is 1. The number of phenolic OH excluding ortho intramolecular Hbond substituents is 1. The molecular formula is C20H19N3O4. The molecule has 0 radical (unpaired) electrons. The summed E-state index contributed by atoms with van der Waals surface area (Å²) < 4.78 is 4.96. The number of rotatable bonds is 6. The number of para-hydroxylation sites is 1. The van der Waals surface area contributed by atoms with Crippen LogP contribution in [0.2, 0.25) is 0 Å². The minimum absolute atomic E-state index is 0.121. The van der Waals surface area contributed by atoms with Crippen molar-refractivity contribution < 1.29 is 19.4 Å². The van der Waals surface area contributed by atoms with Gasteiger partial charge in [-0.15, -0.1) is 0 Å². The zero-order chi connectivity index (χ0) is 19.8. The molecule has 7 nitrogen and oxygen atoms in total. The molecule has 3 N–H and O–H groups in total. The Kier molecular flexibility index (Phi) is 6.55. The van der Waals surface area contributed by atoms with E-state index in [0.717, 1.165) is 5.56 Å². The molecule has 0 aliphatic heterocycles. The molecule has 0 aliphatic carbocycles. The molecule has 0 fully saturated rings. The second-order valence-corrected chi connectivity index (χ2v) is 5.53. The van der Waals surface area contributed by atoms with Crippen LogP contribution in [0.4, 0.5) is 11.4 Å². The first-order valence-electron chi connectivity index (χ1n) is 8.20. The van der Waals surface area contributed by atoms with E-state index < -0.39 is 11.9 Å². The average Bonchev–Trinajstić information content (AvgIpc) is 2.64. The van der Waals surface area contributed by atoms with Crippen LogP contribution < -0.4 is 10.6 Å². The molecule has 0 saturated carbocycles. The lowest BCUT2D eigenvalue weighted by Gasteiger charge is -2.10. The molecule has 0 heterocycles. The Morgan fingerprint density at radius 3 is 2.63 bits per heavy atom. The summed E-state index contributed by atoms with van der Waals surface area (Å²) in [6.45, 7) is 3.67. The predicted octanol–water partition coefficient (Wildman–Crippen LogP) is 3.34. The van der Waals surface area contributed by atoms with Gasteiger partial charge in [-0.2, -0.15) is 5.26 Å². The van der Waals surface area contributed by atoms with Gasteiger partial charge >= 0.3 is 5.97 Å². The van der Waals surface area contributed by atoms with Gasteiger partial charge in [0.1, 0.15) is 17.4 Å². The van der Waals surface area contributed by atoms with Crippen LogP contribution in [0.5, 0.6) is 5.75 Å². The first-order valence-corrected chi connectivity index (χ1v) is 8.20. The smallest absolute Gasteiger partial charge is 0.340 e. The highest BCUT2D eigenvalue weighted by atomic mass is 16.5. The second-order valence-electron chi connectivity index (χ2n) is 5.53.